The molecule has 0 spiro atoms. The van der Waals surface area contributed by atoms with Crippen molar-refractivity contribution < 1.29 is 18.8 Å². The van der Waals surface area contributed by atoms with Crippen LogP contribution >= 0.6 is 11.6 Å². The Balaban J connectivity index is 1.85. The quantitative estimate of drug-likeness (QED) is 0.876. The summed E-state index contributed by atoms with van der Waals surface area (Å²) >= 11 is 5.78. The van der Waals surface area contributed by atoms with Crippen molar-refractivity contribution in [3.8, 4) is 0 Å². The van der Waals surface area contributed by atoms with Crippen LogP contribution in [0.5, 0.6) is 0 Å². The van der Waals surface area contributed by atoms with Crippen LogP contribution in [0.25, 0.3) is 0 Å². The van der Waals surface area contributed by atoms with Crippen LogP contribution in [0.1, 0.15) is 16.2 Å². The van der Waals surface area contributed by atoms with E-state index in [1.54, 1.807) is 31.2 Å². The number of hydrogen-bond acceptors (Lipinski definition) is 5. The smallest absolute Gasteiger partial charge is 0.377 e. The largest absolute Gasteiger partial charge is 0.450 e. The lowest BCUT2D eigenvalue weighted by Crippen LogP contribution is -2.20. The van der Waals surface area contributed by atoms with E-state index in [4.69, 9.17) is 20.9 Å². The summed E-state index contributed by atoms with van der Waals surface area (Å²) in [5.41, 5.74) is 1.08. The van der Waals surface area contributed by atoms with E-state index in [1.807, 2.05) is 0 Å². The van der Waals surface area contributed by atoms with Crippen LogP contribution in [0.15, 0.2) is 34.9 Å². The number of aromatic nitrogens is 1. The Labute approximate surface area is 119 Å². The second-order valence-electron chi connectivity index (χ2n) is 3.97. The third kappa shape index (κ3) is 3.83. The number of nitrogens with one attached hydrogen (secondary N) is 1. The minimum atomic E-state index is -0.744. The highest BCUT2D eigenvalue weighted by Crippen LogP contribution is 2.14. The highest BCUT2D eigenvalue weighted by Gasteiger charge is 2.15. The Morgan fingerprint density at radius 1 is 1.40 bits per heavy atom. The lowest BCUT2D eigenvalue weighted by molar-refractivity contribution is -0.119. The van der Waals surface area contributed by atoms with Crippen LogP contribution in [0, 0.1) is 6.92 Å². The highest BCUT2D eigenvalue weighted by atomic mass is 35.5. The van der Waals surface area contributed by atoms with Gasteiger partial charge < -0.3 is 14.6 Å². The monoisotopic (exact) mass is 294 g/mol. The first-order valence-corrected chi connectivity index (χ1v) is 6.08. The Morgan fingerprint density at radius 2 is 2.20 bits per heavy atom. The van der Waals surface area contributed by atoms with Gasteiger partial charge in [0.25, 0.3) is 5.91 Å². The van der Waals surface area contributed by atoms with Crippen LogP contribution < -0.4 is 5.32 Å². The SMILES string of the molecule is Cc1cc(C(=O)OCC(=O)Nc2cccc(Cl)c2)on1. The van der Waals surface area contributed by atoms with Gasteiger partial charge in [0.2, 0.25) is 5.76 Å². The van der Waals surface area contributed by atoms with E-state index < -0.39 is 18.5 Å². The van der Waals surface area contributed by atoms with Crippen LogP contribution in [-0.2, 0) is 9.53 Å². The number of aryl methyl sites for hydroxylation is 1. The third-order valence-corrected chi connectivity index (χ3v) is 2.51. The van der Waals surface area contributed by atoms with E-state index in [0.717, 1.165) is 0 Å². The molecule has 0 fully saturated rings. The molecule has 104 valence electrons. The number of carbonyl (C=O) groups is 2. The number of rotatable bonds is 4. The van der Waals surface area contributed by atoms with Crippen LogP contribution in [0.3, 0.4) is 0 Å². The number of ether oxygens (including phenoxy) is 1. The summed E-state index contributed by atoms with van der Waals surface area (Å²) in [5.74, 6) is -1.26. The number of nitrogens with zero attached hydrogens (tertiary/aromatic N) is 1. The second-order valence-corrected chi connectivity index (χ2v) is 4.40. The minimum Gasteiger partial charge on any atom is -0.450 e. The predicted molar refractivity (Wildman–Crippen MR) is 71.6 cm³/mol. The summed E-state index contributed by atoms with van der Waals surface area (Å²) in [6.45, 7) is 1.25. The molecule has 1 aromatic heterocycles. The molecule has 0 atom stereocenters. The summed E-state index contributed by atoms with van der Waals surface area (Å²) in [4.78, 5) is 23.1. The Morgan fingerprint density at radius 3 is 2.85 bits per heavy atom. The van der Waals surface area contributed by atoms with Crippen molar-refractivity contribution in [1.29, 1.82) is 0 Å². The molecule has 0 bridgehead atoms. The second kappa shape index (κ2) is 6.21. The minimum absolute atomic E-state index is 0.0435. The molecule has 20 heavy (non-hydrogen) atoms. The lowest BCUT2D eigenvalue weighted by Gasteiger charge is -2.05. The van der Waals surface area contributed by atoms with Crippen LogP contribution in [0.4, 0.5) is 5.69 Å². The van der Waals surface area contributed by atoms with Crippen molar-refractivity contribution in [2.75, 3.05) is 11.9 Å². The molecule has 1 heterocycles. The normalized spacial score (nSPS) is 10.1. The van der Waals surface area contributed by atoms with Gasteiger partial charge in [0, 0.05) is 16.8 Å². The van der Waals surface area contributed by atoms with Gasteiger partial charge in [0.1, 0.15) is 0 Å². The number of hydrogen-bond donors (Lipinski definition) is 1. The Bertz CT molecular complexity index is 639. The predicted octanol–water partition coefficient (Wildman–Crippen LogP) is 2.43. The third-order valence-electron chi connectivity index (χ3n) is 2.27. The van der Waals surface area contributed by atoms with Crippen LogP contribution in [0.2, 0.25) is 5.02 Å². The van der Waals surface area contributed by atoms with E-state index in [-0.39, 0.29) is 5.76 Å². The molecule has 1 aromatic carbocycles. The summed E-state index contributed by atoms with van der Waals surface area (Å²) in [7, 11) is 0. The van der Waals surface area contributed by atoms with Gasteiger partial charge >= 0.3 is 5.97 Å². The number of carbonyl (C=O) groups excluding carboxylic acids is 2. The standard InChI is InChI=1S/C13H11ClN2O4/c1-8-5-11(20-16-8)13(18)19-7-12(17)15-10-4-2-3-9(14)6-10/h2-6H,7H2,1H3,(H,15,17). The van der Waals surface area contributed by atoms with Crippen molar-refractivity contribution in [1.82, 2.24) is 5.16 Å². The van der Waals surface area contributed by atoms with Crippen molar-refractivity contribution in [2.24, 2.45) is 0 Å². The molecule has 2 aromatic rings. The van der Waals surface area contributed by atoms with Gasteiger partial charge in [-0.1, -0.05) is 22.8 Å². The fraction of sp³-hybridized carbons (Fsp3) is 0.154. The zero-order valence-corrected chi connectivity index (χ0v) is 11.3. The molecule has 0 aliphatic carbocycles. The first kappa shape index (κ1) is 14.1. The van der Waals surface area contributed by atoms with E-state index in [2.05, 4.69) is 10.5 Å². The van der Waals surface area contributed by atoms with E-state index in [1.165, 1.54) is 6.07 Å². The van der Waals surface area contributed by atoms with E-state index in [0.29, 0.717) is 16.4 Å². The molecule has 6 nitrogen and oxygen atoms in total. The molecular formula is C13H11ClN2O4. The molecule has 1 amide bonds. The number of benzene rings is 1. The molecule has 0 radical (unpaired) electrons. The maximum Gasteiger partial charge on any atom is 0.377 e. The maximum absolute atomic E-state index is 11.6. The number of amides is 1. The van der Waals surface area contributed by atoms with Crippen molar-refractivity contribution >= 4 is 29.2 Å². The van der Waals surface area contributed by atoms with Gasteiger partial charge in [-0.2, -0.15) is 0 Å². The molecule has 1 N–H and O–H groups in total. The fourth-order valence-corrected chi connectivity index (χ4v) is 1.62. The van der Waals surface area contributed by atoms with Gasteiger partial charge in [-0.05, 0) is 25.1 Å². The number of anilines is 1. The first-order chi connectivity index (χ1) is 9.54. The maximum atomic E-state index is 11.6. The molecular weight excluding hydrogens is 284 g/mol. The molecule has 0 aliphatic rings. The molecule has 2 rings (SSSR count). The van der Waals surface area contributed by atoms with Gasteiger partial charge in [0.05, 0.1) is 5.69 Å². The van der Waals surface area contributed by atoms with Gasteiger partial charge in [0.15, 0.2) is 6.61 Å². The van der Waals surface area contributed by atoms with Gasteiger partial charge in [-0.15, -0.1) is 0 Å². The number of esters is 1. The summed E-state index contributed by atoms with van der Waals surface area (Å²) in [5, 5.41) is 6.60. The van der Waals surface area contributed by atoms with E-state index in [9.17, 15) is 9.59 Å². The van der Waals surface area contributed by atoms with Gasteiger partial charge in [-0.3, -0.25) is 4.79 Å². The summed E-state index contributed by atoms with van der Waals surface area (Å²) < 4.78 is 9.51. The molecule has 0 unspecified atom stereocenters. The van der Waals surface area contributed by atoms with Crippen molar-refractivity contribution in [2.45, 2.75) is 6.92 Å². The zero-order valence-electron chi connectivity index (χ0n) is 10.6. The van der Waals surface area contributed by atoms with E-state index >= 15 is 0 Å². The summed E-state index contributed by atoms with van der Waals surface area (Å²) in [6, 6.07) is 8.06. The Hall–Kier alpha value is -2.34. The molecule has 7 heteroatoms. The summed E-state index contributed by atoms with van der Waals surface area (Å²) in [6.07, 6.45) is 0. The lowest BCUT2D eigenvalue weighted by atomic mass is 10.3. The van der Waals surface area contributed by atoms with Crippen molar-refractivity contribution in [3.63, 3.8) is 0 Å². The average Bonchev–Trinajstić information content (AvgIpc) is 2.83. The topological polar surface area (TPSA) is 81.4 Å². The number of halogens is 1. The van der Waals surface area contributed by atoms with Crippen LogP contribution in [-0.4, -0.2) is 23.6 Å². The molecule has 0 saturated heterocycles. The zero-order chi connectivity index (χ0) is 14.5. The first-order valence-electron chi connectivity index (χ1n) is 5.70. The highest BCUT2D eigenvalue weighted by molar-refractivity contribution is 6.30. The molecule has 0 aliphatic heterocycles. The average molecular weight is 295 g/mol. The molecule has 0 saturated carbocycles. The Kier molecular flexibility index (Phi) is 4.37. The van der Waals surface area contributed by atoms with Gasteiger partial charge in [-0.25, -0.2) is 4.79 Å². The fourth-order valence-electron chi connectivity index (χ4n) is 1.43. The van der Waals surface area contributed by atoms with Crippen molar-refractivity contribution in [3.05, 3.63) is 46.8 Å².